The summed E-state index contributed by atoms with van der Waals surface area (Å²) in [6.07, 6.45) is 0.0690. The van der Waals surface area contributed by atoms with Crippen LogP contribution in [0.5, 0.6) is 5.75 Å². The Kier molecular flexibility index (Phi) is 4.31. The van der Waals surface area contributed by atoms with Gasteiger partial charge in [-0.3, -0.25) is 9.59 Å². The standard InChI is InChI=1S/C20H16BrN3O3/c1-11-18-16(19(27)12-2-8-15(25)9-3-12)10-17(26)22-20(18)24(23-11)14-6-4-13(21)5-7-14/h2-9,16,25H,10H2,1H3,(H,22,26). The van der Waals surface area contributed by atoms with E-state index in [1.165, 1.54) is 12.1 Å². The van der Waals surface area contributed by atoms with Gasteiger partial charge in [0.2, 0.25) is 5.91 Å². The van der Waals surface area contributed by atoms with Gasteiger partial charge >= 0.3 is 0 Å². The molecule has 2 aromatic carbocycles. The predicted octanol–water partition coefficient (Wildman–Crippen LogP) is 3.96. The van der Waals surface area contributed by atoms with Crippen LogP contribution in [0.2, 0.25) is 0 Å². The minimum absolute atomic E-state index is 0.0690. The molecule has 0 radical (unpaired) electrons. The van der Waals surface area contributed by atoms with E-state index in [-0.39, 0.29) is 23.9 Å². The molecule has 1 aromatic heterocycles. The molecule has 0 bridgehead atoms. The van der Waals surface area contributed by atoms with Gasteiger partial charge in [0.05, 0.1) is 17.3 Å². The van der Waals surface area contributed by atoms with E-state index < -0.39 is 5.92 Å². The fourth-order valence-electron chi connectivity index (χ4n) is 3.37. The lowest BCUT2D eigenvalue weighted by Crippen LogP contribution is -2.28. The number of ketones is 1. The highest BCUT2D eigenvalue weighted by Gasteiger charge is 2.36. The van der Waals surface area contributed by atoms with Crippen molar-refractivity contribution in [3.63, 3.8) is 0 Å². The number of fused-ring (bicyclic) bond motifs is 1. The first-order chi connectivity index (χ1) is 12.9. The average Bonchev–Trinajstić information content (AvgIpc) is 2.98. The van der Waals surface area contributed by atoms with E-state index in [0.717, 1.165) is 15.7 Å². The minimum atomic E-state index is -0.609. The summed E-state index contributed by atoms with van der Waals surface area (Å²) in [6, 6.07) is 13.6. The Morgan fingerprint density at radius 1 is 1.19 bits per heavy atom. The van der Waals surface area contributed by atoms with Crippen LogP contribution in [0, 0.1) is 6.92 Å². The maximum absolute atomic E-state index is 13.1. The SMILES string of the molecule is Cc1nn(-c2ccc(Br)cc2)c2c1C(C(=O)c1ccc(O)cc1)CC(=O)N2. The summed E-state index contributed by atoms with van der Waals surface area (Å²) in [4.78, 5) is 25.4. The highest BCUT2D eigenvalue weighted by atomic mass is 79.9. The zero-order chi connectivity index (χ0) is 19.1. The molecule has 1 aliphatic heterocycles. The molecule has 0 aliphatic carbocycles. The maximum atomic E-state index is 13.1. The minimum Gasteiger partial charge on any atom is -0.508 e. The molecule has 0 saturated heterocycles. The first-order valence-corrected chi connectivity index (χ1v) is 9.22. The Labute approximate surface area is 164 Å². The van der Waals surface area contributed by atoms with Crippen LogP contribution >= 0.6 is 15.9 Å². The van der Waals surface area contributed by atoms with Gasteiger partial charge in [0.15, 0.2) is 5.78 Å². The molecule has 0 saturated carbocycles. The Morgan fingerprint density at radius 2 is 1.85 bits per heavy atom. The third kappa shape index (κ3) is 3.14. The second-order valence-corrected chi connectivity index (χ2v) is 7.37. The zero-order valence-corrected chi connectivity index (χ0v) is 16.0. The fraction of sp³-hybridized carbons (Fsp3) is 0.150. The third-order valence-electron chi connectivity index (χ3n) is 4.64. The molecular formula is C20H16BrN3O3. The number of carbonyl (C=O) groups is 2. The summed E-state index contributed by atoms with van der Waals surface area (Å²) in [5, 5.41) is 16.9. The molecule has 2 N–H and O–H groups in total. The number of hydrogen-bond donors (Lipinski definition) is 2. The first kappa shape index (κ1) is 17.5. The topological polar surface area (TPSA) is 84.2 Å². The van der Waals surface area contributed by atoms with Crippen molar-refractivity contribution in [1.29, 1.82) is 0 Å². The van der Waals surface area contributed by atoms with Crippen molar-refractivity contribution >= 4 is 33.4 Å². The van der Waals surface area contributed by atoms with Crippen LogP contribution in [0.15, 0.2) is 53.0 Å². The van der Waals surface area contributed by atoms with Crippen molar-refractivity contribution in [2.24, 2.45) is 0 Å². The van der Waals surface area contributed by atoms with Gasteiger partial charge in [-0.1, -0.05) is 15.9 Å². The molecule has 3 aromatic rings. The molecule has 1 aliphatic rings. The average molecular weight is 426 g/mol. The highest BCUT2D eigenvalue weighted by molar-refractivity contribution is 9.10. The van der Waals surface area contributed by atoms with Crippen LogP contribution in [0.1, 0.15) is 34.0 Å². The van der Waals surface area contributed by atoms with Crippen molar-refractivity contribution in [1.82, 2.24) is 9.78 Å². The van der Waals surface area contributed by atoms with Crippen molar-refractivity contribution in [2.75, 3.05) is 5.32 Å². The molecular weight excluding hydrogens is 410 g/mol. The number of phenols is 1. The van der Waals surface area contributed by atoms with Gasteiger partial charge in [-0.2, -0.15) is 5.10 Å². The van der Waals surface area contributed by atoms with Gasteiger partial charge in [0, 0.05) is 22.0 Å². The number of rotatable bonds is 3. The highest BCUT2D eigenvalue weighted by Crippen LogP contribution is 2.38. The van der Waals surface area contributed by atoms with Crippen LogP contribution in [-0.2, 0) is 4.79 Å². The fourth-order valence-corrected chi connectivity index (χ4v) is 3.63. The van der Waals surface area contributed by atoms with Gasteiger partial charge in [0.25, 0.3) is 0 Å². The second-order valence-electron chi connectivity index (χ2n) is 6.45. The lowest BCUT2D eigenvalue weighted by atomic mass is 9.85. The maximum Gasteiger partial charge on any atom is 0.226 e. The lowest BCUT2D eigenvalue weighted by molar-refractivity contribution is -0.116. The van der Waals surface area contributed by atoms with E-state index in [0.29, 0.717) is 17.1 Å². The van der Waals surface area contributed by atoms with E-state index in [1.807, 2.05) is 31.2 Å². The number of carbonyl (C=O) groups excluding carboxylic acids is 2. The van der Waals surface area contributed by atoms with Crippen LogP contribution in [-0.4, -0.2) is 26.6 Å². The van der Waals surface area contributed by atoms with Crippen LogP contribution < -0.4 is 5.32 Å². The van der Waals surface area contributed by atoms with E-state index in [2.05, 4.69) is 26.3 Å². The van der Waals surface area contributed by atoms with Gasteiger partial charge in [0.1, 0.15) is 11.6 Å². The number of aryl methyl sites for hydroxylation is 1. The number of hydrogen-bond acceptors (Lipinski definition) is 4. The molecule has 1 unspecified atom stereocenters. The normalized spacial score (nSPS) is 15.9. The van der Waals surface area contributed by atoms with E-state index in [1.54, 1.807) is 16.8 Å². The van der Waals surface area contributed by atoms with Crippen molar-refractivity contribution in [3.8, 4) is 11.4 Å². The molecule has 7 heteroatoms. The summed E-state index contributed by atoms with van der Waals surface area (Å²) in [5.41, 5.74) is 2.68. The van der Waals surface area contributed by atoms with Gasteiger partial charge < -0.3 is 10.4 Å². The molecule has 0 spiro atoms. The monoisotopic (exact) mass is 425 g/mol. The molecule has 6 nitrogen and oxygen atoms in total. The predicted molar refractivity (Wildman–Crippen MR) is 104 cm³/mol. The largest absolute Gasteiger partial charge is 0.508 e. The second kappa shape index (κ2) is 6.66. The summed E-state index contributed by atoms with van der Waals surface area (Å²) in [5.74, 6) is -0.374. The molecule has 1 amide bonds. The van der Waals surface area contributed by atoms with Crippen LogP contribution in [0.4, 0.5) is 5.82 Å². The van der Waals surface area contributed by atoms with Crippen molar-refractivity contribution in [2.45, 2.75) is 19.3 Å². The summed E-state index contributed by atoms with van der Waals surface area (Å²) >= 11 is 3.41. The molecule has 0 fully saturated rings. The number of aromatic hydroxyl groups is 1. The smallest absolute Gasteiger partial charge is 0.226 e. The van der Waals surface area contributed by atoms with Gasteiger partial charge in [-0.15, -0.1) is 0 Å². The lowest BCUT2D eigenvalue weighted by Gasteiger charge is -2.23. The number of nitrogens with zero attached hydrogens (tertiary/aromatic N) is 2. The molecule has 4 rings (SSSR count). The summed E-state index contributed by atoms with van der Waals surface area (Å²) < 4.78 is 2.60. The quantitative estimate of drug-likeness (QED) is 0.622. The Balaban J connectivity index is 1.80. The van der Waals surface area contributed by atoms with E-state index in [9.17, 15) is 14.7 Å². The number of phenolic OH excluding ortho intramolecular Hbond substituents is 1. The number of benzene rings is 2. The van der Waals surface area contributed by atoms with E-state index in [4.69, 9.17) is 0 Å². The number of nitrogens with one attached hydrogen (secondary N) is 1. The first-order valence-electron chi connectivity index (χ1n) is 8.42. The Morgan fingerprint density at radius 3 is 2.52 bits per heavy atom. The number of amides is 1. The molecule has 1 atom stereocenters. The number of anilines is 1. The zero-order valence-electron chi connectivity index (χ0n) is 14.4. The molecule has 136 valence electrons. The van der Waals surface area contributed by atoms with Crippen molar-refractivity contribution in [3.05, 3.63) is 69.8 Å². The summed E-state index contributed by atoms with van der Waals surface area (Å²) in [6.45, 7) is 1.84. The number of halogens is 1. The number of aromatic nitrogens is 2. The van der Waals surface area contributed by atoms with Gasteiger partial charge in [-0.25, -0.2) is 4.68 Å². The van der Waals surface area contributed by atoms with Crippen LogP contribution in [0.25, 0.3) is 5.69 Å². The Bertz CT molecular complexity index is 1040. The van der Waals surface area contributed by atoms with Crippen LogP contribution in [0.3, 0.4) is 0 Å². The number of Topliss-reactive ketones (excluding diaryl/α,β-unsaturated/α-hetero) is 1. The molecule has 27 heavy (non-hydrogen) atoms. The third-order valence-corrected chi connectivity index (χ3v) is 5.17. The Hall–Kier alpha value is -2.93. The summed E-state index contributed by atoms with van der Waals surface area (Å²) in [7, 11) is 0. The van der Waals surface area contributed by atoms with E-state index >= 15 is 0 Å². The van der Waals surface area contributed by atoms with Crippen molar-refractivity contribution < 1.29 is 14.7 Å². The van der Waals surface area contributed by atoms with Gasteiger partial charge in [-0.05, 0) is 55.5 Å². The molecule has 2 heterocycles.